The first-order valence-corrected chi connectivity index (χ1v) is 5.03. The Morgan fingerprint density at radius 1 is 1.31 bits per heavy atom. The van der Waals surface area contributed by atoms with Crippen LogP contribution in [0.25, 0.3) is 0 Å². The molecule has 0 aromatic rings. The van der Waals surface area contributed by atoms with Crippen LogP contribution in [0.15, 0.2) is 0 Å². The van der Waals surface area contributed by atoms with Crippen molar-refractivity contribution in [3.63, 3.8) is 0 Å². The highest BCUT2D eigenvalue weighted by atomic mass is 16.4. The van der Waals surface area contributed by atoms with Crippen molar-refractivity contribution in [2.45, 2.75) is 45.4 Å². The lowest BCUT2D eigenvalue weighted by molar-refractivity contribution is -0.138. The molecule has 0 aromatic carbocycles. The molecule has 0 fully saturated rings. The van der Waals surface area contributed by atoms with Gasteiger partial charge in [0.1, 0.15) is 0 Å². The highest BCUT2D eigenvalue weighted by Gasteiger charge is 2.11. The van der Waals surface area contributed by atoms with Crippen molar-refractivity contribution in [2.24, 2.45) is 5.92 Å². The van der Waals surface area contributed by atoms with E-state index in [1.54, 1.807) is 0 Å². The number of aliphatic hydroxyl groups is 1. The van der Waals surface area contributed by atoms with Gasteiger partial charge >= 0.3 is 5.97 Å². The summed E-state index contributed by atoms with van der Waals surface area (Å²) in [7, 11) is 0. The van der Waals surface area contributed by atoms with Crippen LogP contribution in [0, 0.1) is 5.92 Å². The number of hydrogen-bond acceptors (Lipinski definition) is 2. The molecule has 0 rings (SSSR count). The number of aliphatic hydroxyl groups excluding tert-OH is 1. The van der Waals surface area contributed by atoms with Gasteiger partial charge in [-0.25, -0.2) is 0 Å². The third kappa shape index (κ3) is 7.78. The maximum atomic E-state index is 10.4. The maximum Gasteiger partial charge on any atom is 0.303 e. The Labute approximate surface area is 79.8 Å². The zero-order valence-corrected chi connectivity index (χ0v) is 8.33. The molecule has 0 saturated heterocycles. The van der Waals surface area contributed by atoms with Crippen molar-refractivity contribution in [2.75, 3.05) is 6.61 Å². The molecule has 0 heterocycles. The van der Waals surface area contributed by atoms with E-state index in [-0.39, 0.29) is 18.9 Å². The Hall–Kier alpha value is -0.570. The number of unbranched alkanes of at least 4 members (excludes halogenated alkanes) is 2. The molecule has 0 aliphatic rings. The molecular formula is C10H20O3. The van der Waals surface area contributed by atoms with Gasteiger partial charge in [-0.1, -0.05) is 26.2 Å². The molecule has 0 saturated carbocycles. The van der Waals surface area contributed by atoms with E-state index in [0.29, 0.717) is 6.42 Å². The van der Waals surface area contributed by atoms with E-state index >= 15 is 0 Å². The van der Waals surface area contributed by atoms with Gasteiger partial charge in [-0.05, 0) is 18.8 Å². The van der Waals surface area contributed by atoms with E-state index in [2.05, 4.69) is 6.92 Å². The average Bonchev–Trinajstić information content (AvgIpc) is 2.04. The molecule has 0 aromatic heterocycles. The normalized spacial score (nSPS) is 12.8. The molecule has 0 radical (unpaired) electrons. The number of carboxylic acids is 1. The predicted molar refractivity (Wildman–Crippen MR) is 51.6 cm³/mol. The monoisotopic (exact) mass is 188 g/mol. The molecule has 0 aliphatic heterocycles. The van der Waals surface area contributed by atoms with Crippen LogP contribution in [0.1, 0.15) is 45.4 Å². The van der Waals surface area contributed by atoms with E-state index < -0.39 is 5.97 Å². The molecule has 78 valence electrons. The Morgan fingerprint density at radius 3 is 2.46 bits per heavy atom. The minimum absolute atomic E-state index is 0.101. The van der Waals surface area contributed by atoms with Crippen LogP contribution in [-0.4, -0.2) is 22.8 Å². The number of hydrogen-bond donors (Lipinski definition) is 2. The number of aliphatic carboxylic acids is 1. The smallest absolute Gasteiger partial charge is 0.303 e. The first-order chi connectivity index (χ1) is 6.20. The van der Waals surface area contributed by atoms with Gasteiger partial charge in [0, 0.05) is 13.0 Å². The molecule has 3 nitrogen and oxygen atoms in total. The minimum atomic E-state index is -0.755. The third-order valence-corrected chi connectivity index (χ3v) is 2.22. The first kappa shape index (κ1) is 12.4. The average molecular weight is 188 g/mol. The summed E-state index contributed by atoms with van der Waals surface area (Å²) >= 11 is 0. The fourth-order valence-corrected chi connectivity index (χ4v) is 1.46. The number of rotatable bonds is 8. The van der Waals surface area contributed by atoms with Gasteiger partial charge in [0.25, 0.3) is 0 Å². The van der Waals surface area contributed by atoms with Crippen LogP contribution in [0.5, 0.6) is 0 Å². The quantitative estimate of drug-likeness (QED) is 0.573. The fraction of sp³-hybridized carbons (Fsp3) is 0.900. The highest BCUT2D eigenvalue weighted by Crippen LogP contribution is 2.17. The Balaban J connectivity index is 3.59. The lowest BCUT2D eigenvalue weighted by atomic mass is 9.95. The Kier molecular flexibility index (Phi) is 7.69. The maximum absolute atomic E-state index is 10.4. The van der Waals surface area contributed by atoms with Crippen LogP contribution >= 0.6 is 0 Å². The Bertz CT molecular complexity index is 134. The van der Waals surface area contributed by atoms with Crippen LogP contribution in [-0.2, 0) is 4.79 Å². The van der Waals surface area contributed by atoms with E-state index in [4.69, 9.17) is 10.2 Å². The van der Waals surface area contributed by atoms with Gasteiger partial charge in [-0.2, -0.15) is 0 Å². The fourth-order valence-electron chi connectivity index (χ4n) is 1.46. The van der Waals surface area contributed by atoms with Crippen LogP contribution in [0.2, 0.25) is 0 Å². The van der Waals surface area contributed by atoms with Crippen molar-refractivity contribution in [1.29, 1.82) is 0 Å². The second-order valence-corrected chi connectivity index (χ2v) is 3.47. The highest BCUT2D eigenvalue weighted by molar-refractivity contribution is 5.66. The molecule has 13 heavy (non-hydrogen) atoms. The summed E-state index contributed by atoms with van der Waals surface area (Å²) < 4.78 is 0. The van der Waals surface area contributed by atoms with Gasteiger partial charge in [0.2, 0.25) is 0 Å². The van der Waals surface area contributed by atoms with Gasteiger partial charge in [0.15, 0.2) is 0 Å². The second kappa shape index (κ2) is 8.05. The number of carbonyl (C=O) groups is 1. The first-order valence-electron chi connectivity index (χ1n) is 5.03. The van der Waals surface area contributed by atoms with Crippen LogP contribution in [0.4, 0.5) is 0 Å². The SMILES string of the molecule is CCCCCC(CCO)CC(=O)O. The molecule has 3 heteroatoms. The summed E-state index contributed by atoms with van der Waals surface area (Å²) in [6, 6.07) is 0. The molecule has 0 amide bonds. The summed E-state index contributed by atoms with van der Waals surface area (Å²) in [4.78, 5) is 10.4. The second-order valence-electron chi connectivity index (χ2n) is 3.47. The molecule has 0 aliphatic carbocycles. The van der Waals surface area contributed by atoms with Gasteiger partial charge in [-0.15, -0.1) is 0 Å². The van der Waals surface area contributed by atoms with Gasteiger partial charge in [-0.3, -0.25) is 4.79 Å². The number of carboxylic acid groups (broad SMARTS) is 1. The lowest BCUT2D eigenvalue weighted by Crippen LogP contribution is -2.09. The van der Waals surface area contributed by atoms with E-state index in [1.807, 2.05) is 0 Å². The summed E-state index contributed by atoms with van der Waals surface area (Å²) in [5.41, 5.74) is 0. The largest absolute Gasteiger partial charge is 0.481 e. The molecule has 1 atom stereocenters. The van der Waals surface area contributed by atoms with Gasteiger partial charge in [0.05, 0.1) is 0 Å². The molecule has 1 unspecified atom stereocenters. The summed E-state index contributed by atoms with van der Waals surface area (Å²) in [5.74, 6) is -0.594. The minimum Gasteiger partial charge on any atom is -0.481 e. The van der Waals surface area contributed by atoms with Crippen molar-refractivity contribution in [3.05, 3.63) is 0 Å². The predicted octanol–water partition coefficient (Wildman–Crippen LogP) is 2.04. The molecule has 0 bridgehead atoms. The molecule has 2 N–H and O–H groups in total. The van der Waals surface area contributed by atoms with E-state index in [0.717, 1.165) is 25.7 Å². The van der Waals surface area contributed by atoms with Crippen molar-refractivity contribution in [1.82, 2.24) is 0 Å². The summed E-state index contributed by atoms with van der Waals surface area (Å²) in [5, 5.41) is 17.3. The summed E-state index contributed by atoms with van der Waals surface area (Å²) in [6.45, 7) is 2.22. The molecule has 0 spiro atoms. The van der Waals surface area contributed by atoms with E-state index in [9.17, 15) is 4.79 Å². The standard InChI is InChI=1S/C10H20O3/c1-2-3-4-5-9(6-7-11)8-10(12)13/h9,11H,2-8H2,1H3,(H,12,13). The zero-order chi connectivity index (χ0) is 10.1. The van der Waals surface area contributed by atoms with Crippen LogP contribution < -0.4 is 0 Å². The van der Waals surface area contributed by atoms with Crippen LogP contribution in [0.3, 0.4) is 0 Å². The molecular weight excluding hydrogens is 168 g/mol. The van der Waals surface area contributed by atoms with Crippen molar-refractivity contribution in [3.8, 4) is 0 Å². The zero-order valence-electron chi connectivity index (χ0n) is 8.33. The Morgan fingerprint density at radius 2 is 2.00 bits per heavy atom. The van der Waals surface area contributed by atoms with Crippen molar-refractivity contribution < 1.29 is 15.0 Å². The topological polar surface area (TPSA) is 57.5 Å². The van der Waals surface area contributed by atoms with E-state index in [1.165, 1.54) is 0 Å². The third-order valence-electron chi connectivity index (χ3n) is 2.22. The van der Waals surface area contributed by atoms with Crippen molar-refractivity contribution >= 4 is 5.97 Å². The summed E-state index contributed by atoms with van der Waals surface area (Å²) in [6.07, 6.45) is 5.13. The lowest BCUT2D eigenvalue weighted by Gasteiger charge is -2.12. The van der Waals surface area contributed by atoms with Gasteiger partial charge < -0.3 is 10.2 Å².